The number of amidine groups is 1. The van der Waals surface area contributed by atoms with Gasteiger partial charge in [-0.15, -0.1) is 0 Å². The summed E-state index contributed by atoms with van der Waals surface area (Å²) in [6, 6.07) is 15.4. The fourth-order valence-corrected chi connectivity index (χ4v) is 5.74. The molecule has 3 aromatic rings. The van der Waals surface area contributed by atoms with E-state index in [9.17, 15) is 9.59 Å². The maximum absolute atomic E-state index is 12.9. The third-order valence-corrected chi connectivity index (χ3v) is 8.13. The van der Waals surface area contributed by atoms with Crippen molar-refractivity contribution in [3.63, 3.8) is 0 Å². The first-order valence-electron chi connectivity index (χ1n) is 13.1. The van der Waals surface area contributed by atoms with Crippen LogP contribution in [0.3, 0.4) is 0 Å². The number of carbonyl (C=O) groups excluding carboxylic acids is 2. The van der Waals surface area contributed by atoms with Crippen molar-refractivity contribution in [3.05, 3.63) is 70.2 Å². The molecular formula is C29H30ClN5O3S. The molecule has 0 atom stereocenters. The average Bonchev–Trinajstić information content (AvgIpc) is 3.54. The summed E-state index contributed by atoms with van der Waals surface area (Å²) in [5, 5.41) is 6.02. The summed E-state index contributed by atoms with van der Waals surface area (Å²) in [4.78, 5) is 31.3. The molecule has 1 aromatic heterocycles. The van der Waals surface area contributed by atoms with Gasteiger partial charge in [0.25, 0.3) is 5.91 Å². The van der Waals surface area contributed by atoms with E-state index in [4.69, 9.17) is 27.2 Å². The number of likely N-dealkylation sites (tertiary alicyclic amines) is 1. The predicted molar refractivity (Wildman–Crippen MR) is 156 cm³/mol. The largest absolute Gasteiger partial charge is 0.492 e. The van der Waals surface area contributed by atoms with Crippen LogP contribution in [0.25, 0.3) is 23.0 Å². The van der Waals surface area contributed by atoms with Crippen molar-refractivity contribution in [3.8, 4) is 22.7 Å². The van der Waals surface area contributed by atoms with Crippen LogP contribution in [-0.4, -0.2) is 51.4 Å². The molecule has 202 valence electrons. The molecule has 8 nitrogen and oxygen atoms in total. The zero-order valence-electron chi connectivity index (χ0n) is 21.7. The number of hydrogen-bond acceptors (Lipinski definition) is 6. The molecule has 2 aliphatic rings. The SMILES string of the molecule is CCCCOc1ccc(-c2nn(-c3ccccc3)cc2C=C2SC(N3CCC(C(N)=O)CC3)=NC2=O)cc1Cl. The lowest BCUT2D eigenvalue weighted by molar-refractivity contribution is -0.123. The van der Waals surface area contributed by atoms with E-state index in [0.717, 1.165) is 29.7 Å². The molecule has 39 heavy (non-hydrogen) atoms. The van der Waals surface area contributed by atoms with E-state index in [1.165, 1.54) is 11.8 Å². The Balaban J connectivity index is 1.43. The van der Waals surface area contributed by atoms with Crippen molar-refractivity contribution in [2.75, 3.05) is 19.7 Å². The first-order valence-corrected chi connectivity index (χ1v) is 14.3. The van der Waals surface area contributed by atoms with Crippen molar-refractivity contribution in [1.82, 2.24) is 14.7 Å². The number of carbonyl (C=O) groups is 2. The van der Waals surface area contributed by atoms with Gasteiger partial charge < -0.3 is 15.4 Å². The highest BCUT2D eigenvalue weighted by Crippen LogP contribution is 2.36. The second kappa shape index (κ2) is 12.1. The molecule has 0 unspecified atom stereocenters. The zero-order chi connectivity index (χ0) is 27.4. The lowest BCUT2D eigenvalue weighted by atomic mass is 9.97. The van der Waals surface area contributed by atoms with Crippen molar-refractivity contribution in [2.45, 2.75) is 32.6 Å². The second-order valence-electron chi connectivity index (χ2n) is 9.53. The van der Waals surface area contributed by atoms with E-state index in [0.29, 0.717) is 59.1 Å². The molecule has 0 bridgehead atoms. The molecule has 10 heteroatoms. The zero-order valence-corrected chi connectivity index (χ0v) is 23.3. The third kappa shape index (κ3) is 6.20. The molecular weight excluding hydrogens is 534 g/mol. The molecule has 0 spiro atoms. The van der Waals surface area contributed by atoms with Crippen molar-refractivity contribution >= 4 is 46.4 Å². The molecule has 0 saturated carbocycles. The Bertz CT molecular complexity index is 1430. The van der Waals surface area contributed by atoms with Gasteiger partial charge in [-0.25, -0.2) is 4.68 Å². The predicted octanol–water partition coefficient (Wildman–Crippen LogP) is 5.54. The molecule has 0 radical (unpaired) electrons. The fraction of sp³-hybridized carbons (Fsp3) is 0.310. The number of nitrogens with two attached hydrogens (primary N) is 1. The van der Waals surface area contributed by atoms with Gasteiger partial charge in [-0.05, 0) is 67.4 Å². The number of aromatic nitrogens is 2. The van der Waals surface area contributed by atoms with Gasteiger partial charge in [0.2, 0.25) is 5.91 Å². The summed E-state index contributed by atoms with van der Waals surface area (Å²) in [6.07, 6.45) is 7.06. The first-order chi connectivity index (χ1) is 18.9. The van der Waals surface area contributed by atoms with Crippen LogP contribution in [-0.2, 0) is 9.59 Å². The molecule has 1 fully saturated rings. The van der Waals surface area contributed by atoms with E-state index in [1.54, 1.807) is 4.68 Å². The summed E-state index contributed by atoms with van der Waals surface area (Å²) >= 11 is 7.92. The van der Waals surface area contributed by atoms with Crippen LogP contribution < -0.4 is 10.5 Å². The highest BCUT2D eigenvalue weighted by atomic mass is 35.5. The number of piperidine rings is 1. The molecule has 1 saturated heterocycles. The third-order valence-electron chi connectivity index (χ3n) is 6.79. The first kappa shape index (κ1) is 27.0. The smallest absolute Gasteiger partial charge is 0.286 e. The van der Waals surface area contributed by atoms with Gasteiger partial charge in [0.1, 0.15) is 11.4 Å². The van der Waals surface area contributed by atoms with Crippen LogP contribution in [0.4, 0.5) is 0 Å². The van der Waals surface area contributed by atoms with Gasteiger partial charge in [0.15, 0.2) is 5.17 Å². The quantitative estimate of drug-likeness (QED) is 0.285. The Kier molecular flexibility index (Phi) is 8.38. The van der Waals surface area contributed by atoms with E-state index in [1.807, 2.05) is 65.7 Å². The number of aliphatic imine (C=N–C) groups is 1. The molecule has 3 heterocycles. The minimum atomic E-state index is -0.289. The number of amides is 2. The van der Waals surface area contributed by atoms with Crippen LogP contribution in [0.2, 0.25) is 5.02 Å². The van der Waals surface area contributed by atoms with E-state index < -0.39 is 0 Å². The summed E-state index contributed by atoms with van der Waals surface area (Å²) < 4.78 is 7.61. The van der Waals surface area contributed by atoms with E-state index >= 15 is 0 Å². The highest BCUT2D eigenvalue weighted by molar-refractivity contribution is 8.18. The average molecular weight is 564 g/mol. The number of primary amides is 1. The number of benzene rings is 2. The van der Waals surface area contributed by atoms with Gasteiger partial charge >= 0.3 is 0 Å². The number of para-hydroxylation sites is 1. The minimum Gasteiger partial charge on any atom is -0.492 e. The Labute approximate surface area is 236 Å². The number of unbranched alkanes of at least 4 members (excludes halogenated alkanes) is 1. The van der Waals surface area contributed by atoms with Gasteiger partial charge in [-0.3, -0.25) is 9.59 Å². The summed E-state index contributed by atoms with van der Waals surface area (Å²) in [5.74, 6) is -0.0457. The maximum Gasteiger partial charge on any atom is 0.286 e. The number of ether oxygens (including phenoxy) is 1. The normalized spacial score (nSPS) is 17.1. The van der Waals surface area contributed by atoms with Crippen LogP contribution in [0.15, 0.2) is 64.6 Å². The fourth-order valence-electron chi connectivity index (χ4n) is 4.55. The van der Waals surface area contributed by atoms with Crippen LogP contribution >= 0.6 is 23.4 Å². The molecule has 2 N–H and O–H groups in total. The highest BCUT2D eigenvalue weighted by Gasteiger charge is 2.31. The monoisotopic (exact) mass is 563 g/mol. The Hall–Kier alpha value is -3.56. The molecule has 2 amide bonds. The summed E-state index contributed by atoms with van der Waals surface area (Å²) in [6.45, 7) is 4.00. The summed E-state index contributed by atoms with van der Waals surface area (Å²) in [5.41, 5.74) is 8.64. The van der Waals surface area contributed by atoms with E-state index in [2.05, 4.69) is 11.9 Å². The lowest BCUT2D eigenvalue weighted by Gasteiger charge is -2.31. The van der Waals surface area contributed by atoms with Gasteiger partial charge in [-0.2, -0.15) is 10.1 Å². The molecule has 5 rings (SSSR count). The number of rotatable bonds is 8. The van der Waals surface area contributed by atoms with Crippen LogP contribution in [0.1, 0.15) is 38.2 Å². The van der Waals surface area contributed by atoms with Crippen molar-refractivity contribution < 1.29 is 14.3 Å². The summed E-state index contributed by atoms with van der Waals surface area (Å²) in [7, 11) is 0. The maximum atomic E-state index is 12.9. The second-order valence-corrected chi connectivity index (χ2v) is 11.0. The lowest BCUT2D eigenvalue weighted by Crippen LogP contribution is -2.40. The Morgan fingerprint density at radius 2 is 1.97 bits per heavy atom. The Morgan fingerprint density at radius 3 is 2.67 bits per heavy atom. The van der Waals surface area contributed by atoms with Crippen molar-refractivity contribution in [2.24, 2.45) is 16.6 Å². The number of thioether (sulfide) groups is 1. The van der Waals surface area contributed by atoms with Crippen LogP contribution in [0.5, 0.6) is 5.75 Å². The van der Waals surface area contributed by atoms with Gasteiger partial charge in [0.05, 0.1) is 22.2 Å². The molecule has 2 aliphatic heterocycles. The number of hydrogen-bond donors (Lipinski definition) is 1. The van der Waals surface area contributed by atoms with Crippen LogP contribution in [0, 0.1) is 5.92 Å². The molecule has 2 aromatic carbocycles. The minimum absolute atomic E-state index is 0.124. The van der Waals surface area contributed by atoms with Crippen molar-refractivity contribution in [1.29, 1.82) is 0 Å². The Morgan fingerprint density at radius 1 is 1.21 bits per heavy atom. The standard InChI is InChI=1S/C29H30ClN5O3S/c1-2-3-15-38-24-10-9-20(16-23(24)30)26-21(18-35(33-26)22-7-5-4-6-8-22)17-25-28(37)32-29(39-25)34-13-11-19(12-14-34)27(31)36/h4-10,16-19H,2-3,11-15H2,1H3,(H2,31,36). The number of nitrogens with zero attached hydrogens (tertiary/aromatic N) is 4. The van der Waals surface area contributed by atoms with E-state index in [-0.39, 0.29) is 17.7 Å². The molecule has 0 aliphatic carbocycles. The van der Waals surface area contributed by atoms with Gasteiger partial charge in [-0.1, -0.05) is 43.1 Å². The number of halogens is 1. The topological polar surface area (TPSA) is 103 Å². The van der Waals surface area contributed by atoms with Gasteiger partial charge in [0, 0.05) is 36.3 Å².